The van der Waals surface area contributed by atoms with Gasteiger partial charge in [-0.1, -0.05) is 12.1 Å². The number of amides is 2. The molecule has 2 aromatic carbocycles. The van der Waals surface area contributed by atoms with Crippen LogP contribution in [0, 0.1) is 5.82 Å². The van der Waals surface area contributed by atoms with E-state index in [1.165, 1.54) is 18.2 Å². The quantitative estimate of drug-likeness (QED) is 0.836. The third-order valence-corrected chi connectivity index (χ3v) is 4.75. The average Bonchev–Trinajstić information content (AvgIpc) is 2.93. The van der Waals surface area contributed by atoms with E-state index >= 15 is 0 Å². The van der Waals surface area contributed by atoms with Gasteiger partial charge in [-0.25, -0.2) is 4.39 Å². The van der Waals surface area contributed by atoms with Gasteiger partial charge in [0.05, 0.1) is 0 Å². The fourth-order valence-electron chi connectivity index (χ4n) is 3.23. The smallest absolute Gasteiger partial charge is 0.254 e. The predicted molar refractivity (Wildman–Crippen MR) is 104 cm³/mol. The fraction of sp³-hybridized carbons (Fsp3) is 0.333. The van der Waals surface area contributed by atoms with Gasteiger partial charge in [0.2, 0.25) is 0 Å². The summed E-state index contributed by atoms with van der Waals surface area (Å²) in [6, 6.07) is 13.3. The maximum absolute atomic E-state index is 13.4. The van der Waals surface area contributed by atoms with Crippen molar-refractivity contribution in [3.8, 4) is 0 Å². The first-order valence-electron chi connectivity index (χ1n) is 9.07. The van der Waals surface area contributed by atoms with Crippen molar-refractivity contribution in [3.63, 3.8) is 0 Å². The number of halogens is 1. The first kappa shape index (κ1) is 18.9. The van der Waals surface area contributed by atoms with Crippen LogP contribution in [0.15, 0.2) is 48.5 Å². The summed E-state index contributed by atoms with van der Waals surface area (Å²) in [7, 11) is 3.87. The summed E-state index contributed by atoms with van der Waals surface area (Å²) >= 11 is 0. The Hall–Kier alpha value is -2.89. The van der Waals surface area contributed by atoms with Crippen LogP contribution in [0.3, 0.4) is 0 Å². The van der Waals surface area contributed by atoms with Crippen LogP contribution >= 0.6 is 0 Å². The van der Waals surface area contributed by atoms with Crippen molar-refractivity contribution in [2.24, 2.45) is 0 Å². The summed E-state index contributed by atoms with van der Waals surface area (Å²) in [4.78, 5) is 30.9. The molecule has 0 spiro atoms. The van der Waals surface area contributed by atoms with Crippen molar-refractivity contribution in [1.29, 1.82) is 0 Å². The molecule has 1 aliphatic heterocycles. The Morgan fingerprint density at radius 3 is 1.96 bits per heavy atom. The lowest BCUT2D eigenvalue weighted by Gasteiger charge is -2.23. The zero-order valence-corrected chi connectivity index (χ0v) is 15.7. The molecule has 6 heteroatoms. The van der Waals surface area contributed by atoms with E-state index in [1.807, 2.05) is 43.3 Å². The molecule has 0 aromatic heterocycles. The summed E-state index contributed by atoms with van der Waals surface area (Å²) in [5.41, 5.74) is 1.96. The standard InChI is InChI=1S/C21H24FN3O2/c1-23(2)19-9-4-7-17(15-19)21(27)25-11-5-10-24(12-13-25)20(26)16-6-3-8-18(22)14-16/h3-4,6-9,14-15H,5,10-13H2,1-2H3. The summed E-state index contributed by atoms with van der Waals surface area (Å²) in [6.45, 7) is 2.05. The largest absolute Gasteiger partial charge is 0.378 e. The number of hydrogen-bond acceptors (Lipinski definition) is 3. The molecule has 2 amide bonds. The Labute approximate surface area is 159 Å². The molecule has 3 rings (SSSR count). The van der Waals surface area contributed by atoms with Crippen LogP contribution in [-0.2, 0) is 0 Å². The van der Waals surface area contributed by atoms with E-state index < -0.39 is 5.82 Å². The average molecular weight is 369 g/mol. The Morgan fingerprint density at radius 1 is 0.852 bits per heavy atom. The van der Waals surface area contributed by atoms with E-state index in [4.69, 9.17) is 0 Å². The molecule has 0 saturated carbocycles. The summed E-state index contributed by atoms with van der Waals surface area (Å²) in [6.07, 6.45) is 0.695. The van der Waals surface area contributed by atoms with Gasteiger partial charge in [-0.3, -0.25) is 9.59 Å². The Morgan fingerprint density at radius 2 is 1.41 bits per heavy atom. The van der Waals surface area contributed by atoms with E-state index in [-0.39, 0.29) is 11.8 Å². The summed E-state index contributed by atoms with van der Waals surface area (Å²) in [5, 5.41) is 0. The van der Waals surface area contributed by atoms with Crippen molar-refractivity contribution in [2.45, 2.75) is 6.42 Å². The summed E-state index contributed by atoms with van der Waals surface area (Å²) < 4.78 is 13.4. The molecule has 2 aromatic rings. The van der Waals surface area contributed by atoms with E-state index in [1.54, 1.807) is 15.9 Å². The van der Waals surface area contributed by atoms with Gasteiger partial charge in [-0.05, 0) is 42.8 Å². The molecule has 27 heavy (non-hydrogen) atoms. The molecule has 0 unspecified atom stereocenters. The zero-order valence-electron chi connectivity index (χ0n) is 15.7. The van der Waals surface area contributed by atoms with Crippen LogP contribution in [0.25, 0.3) is 0 Å². The molecular weight excluding hydrogens is 345 g/mol. The third-order valence-electron chi connectivity index (χ3n) is 4.75. The number of hydrogen-bond donors (Lipinski definition) is 0. The maximum atomic E-state index is 13.4. The number of rotatable bonds is 3. The number of carbonyl (C=O) groups is 2. The van der Waals surface area contributed by atoms with Gasteiger partial charge in [-0.2, -0.15) is 0 Å². The van der Waals surface area contributed by atoms with Gasteiger partial charge < -0.3 is 14.7 Å². The van der Waals surface area contributed by atoms with E-state index in [2.05, 4.69) is 0 Å². The van der Waals surface area contributed by atoms with Crippen LogP contribution in [0.5, 0.6) is 0 Å². The first-order valence-corrected chi connectivity index (χ1v) is 9.07. The lowest BCUT2D eigenvalue weighted by Crippen LogP contribution is -2.37. The molecule has 142 valence electrons. The van der Waals surface area contributed by atoms with Crippen molar-refractivity contribution >= 4 is 17.5 Å². The summed E-state index contributed by atoms with van der Waals surface area (Å²) in [5.74, 6) is -0.648. The Balaban J connectivity index is 1.68. The van der Waals surface area contributed by atoms with E-state index in [0.717, 1.165) is 5.69 Å². The van der Waals surface area contributed by atoms with Gasteiger partial charge in [0.1, 0.15) is 5.82 Å². The zero-order chi connectivity index (χ0) is 19.4. The molecule has 5 nitrogen and oxygen atoms in total. The molecular formula is C21H24FN3O2. The van der Waals surface area contributed by atoms with Crippen molar-refractivity contribution in [3.05, 3.63) is 65.5 Å². The van der Waals surface area contributed by atoms with E-state index in [0.29, 0.717) is 43.7 Å². The molecule has 0 atom stereocenters. The molecule has 0 bridgehead atoms. The highest BCUT2D eigenvalue weighted by Gasteiger charge is 2.24. The molecule has 1 aliphatic rings. The molecule has 1 saturated heterocycles. The minimum atomic E-state index is -0.423. The molecule has 0 radical (unpaired) electrons. The molecule has 0 aliphatic carbocycles. The van der Waals surface area contributed by atoms with Crippen molar-refractivity contribution < 1.29 is 14.0 Å². The van der Waals surface area contributed by atoms with Crippen LogP contribution in [-0.4, -0.2) is 61.9 Å². The van der Waals surface area contributed by atoms with Gasteiger partial charge in [0, 0.05) is 57.1 Å². The number of nitrogens with zero attached hydrogens (tertiary/aromatic N) is 3. The monoisotopic (exact) mass is 369 g/mol. The second-order valence-electron chi connectivity index (χ2n) is 6.89. The highest BCUT2D eigenvalue weighted by molar-refractivity contribution is 5.96. The number of benzene rings is 2. The van der Waals surface area contributed by atoms with Gasteiger partial charge in [-0.15, -0.1) is 0 Å². The van der Waals surface area contributed by atoms with Crippen LogP contribution in [0.1, 0.15) is 27.1 Å². The van der Waals surface area contributed by atoms with Gasteiger partial charge in [0.15, 0.2) is 0 Å². The first-order chi connectivity index (χ1) is 13.0. The van der Waals surface area contributed by atoms with Crippen LogP contribution < -0.4 is 4.90 Å². The second kappa shape index (κ2) is 8.20. The minimum absolute atomic E-state index is 0.0289. The van der Waals surface area contributed by atoms with Crippen LogP contribution in [0.2, 0.25) is 0 Å². The molecule has 0 N–H and O–H groups in total. The highest BCUT2D eigenvalue weighted by Crippen LogP contribution is 2.17. The topological polar surface area (TPSA) is 43.9 Å². The van der Waals surface area contributed by atoms with E-state index in [9.17, 15) is 14.0 Å². The number of carbonyl (C=O) groups excluding carboxylic acids is 2. The number of anilines is 1. The Bertz CT molecular complexity index is 838. The fourth-order valence-corrected chi connectivity index (χ4v) is 3.23. The van der Waals surface area contributed by atoms with Crippen molar-refractivity contribution in [1.82, 2.24) is 9.80 Å². The van der Waals surface area contributed by atoms with Gasteiger partial charge in [0.25, 0.3) is 11.8 Å². The lowest BCUT2D eigenvalue weighted by molar-refractivity contribution is 0.0718. The highest BCUT2D eigenvalue weighted by atomic mass is 19.1. The third kappa shape index (κ3) is 4.45. The minimum Gasteiger partial charge on any atom is -0.378 e. The Kier molecular flexibility index (Phi) is 5.74. The second-order valence-corrected chi connectivity index (χ2v) is 6.89. The SMILES string of the molecule is CN(C)c1cccc(C(=O)N2CCCN(C(=O)c3cccc(F)c3)CC2)c1. The molecule has 1 fully saturated rings. The normalized spacial score (nSPS) is 14.6. The van der Waals surface area contributed by atoms with Gasteiger partial charge >= 0.3 is 0 Å². The lowest BCUT2D eigenvalue weighted by atomic mass is 10.1. The van der Waals surface area contributed by atoms with Crippen LogP contribution in [0.4, 0.5) is 10.1 Å². The van der Waals surface area contributed by atoms with Crippen molar-refractivity contribution in [2.75, 3.05) is 45.2 Å². The molecule has 1 heterocycles. The predicted octanol–water partition coefficient (Wildman–Crippen LogP) is 2.88. The maximum Gasteiger partial charge on any atom is 0.254 e.